The van der Waals surface area contributed by atoms with Gasteiger partial charge in [-0.1, -0.05) is 44.0 Å². The summed E-state index contributed by atoms with van der Waals surface area (Å²) in [6.45, 7) is 6.48. The topological polar surface area (TPSA) is 44.3 Å². The Morgan fingerprint density at radius 2 is 1.52 bits per heavy atom. The van der Waals surface area contributed by atoms with E-state index in [0.29, 0.717) is 0 Å². The summed E-state index contributed by atoms with van der Waals surface area (Å²) >= 11 is 0. The summed E-state index contributed by atoms with van der Waals surface area (Å²) in [6, 6.07) is 16.9. The van der Waals surface area contributed by atoms with Crippen molar-refractivity contribution in [3.8, 4) is 0 Å². The fraction of sp³-hybridized carbons (Fsp3) is 0.500. The maximum atomic E-state index is 4.42. The van der Waals surface area contributed by atoms with E-state index in [2.05, 4.69) is 65.5 Å². The normalized spacial score (nSPS) is 17.9. The number of fused-ring (bicyclic) bond motifs is 1. The first-order valence-corrected chi connectivity index (χ1v) is 12.2. The minimum Gasteiger partial charge on any atom is -0.378 e. The molecule has 33 heavy (non-hydrogen) atoms. The molecule has 0 atom stereocenters. The molecule has 1 aliphatic rings. The molecule has 1 aliphatic carbocycles. The summed E-state index contributed by atoms with van der Waals surface area (Å²) in [7, 11) is 8.15. The number of para-hydroxylation sites is 1. The largest absolute Gasteiger partial charge is 0.378 e. The van der Waals surface area contributed by atoms with Crippen LogP contribution in [0, 0.1) is 18.8 Å². The van der Waals surface area contributed by atoms with Crippen LogP contribution in [0.4, 0.5) is 11.5 Å². The molecule has 3 aromatic rings. The Morgan fingerprint density at radius 1 is 0.848 bits per heavy atom. The highest BCUT2D eigenvalue weighted by atomic mass is 15.1. The fourth-order valence-electron chi connectivity index (χ4n) is 4.38. The van der Waals surface area contributed by atoms with Gasteiger partial charge in [0, 0.05) is 45.8 Å². The van der Waals surface area contributed by atoms with E-state index < -0.39 is 0 Å². The lowest BCUT2D eigenvalue weighted by Crippen LogP contribution is -2.25. The van der Waals surface area contributed by atoms with E-state index in [9.17, 15) is 0 Å². The van der Waals surface area contributed by atoms with Crippen molar-refractivity contribution in [3.63, 3.8) is 0 Å². The molecule has 1 heterocycles. The van der Waals surface area contributed by atoms with Gasteiger partial charge in [0.05, 0.1) is 5.52 Å². The van der Waals surface area contributed by atoms with Gasteiger partial charge in [-0.3, -0.25) is 0 Å². The van der Waals surface area contributed by atoms with Crippen LogP contribution in [-0.4, -0.2) is 44.7 Å². The second kappa shape index (κ2) is 12.0. The average Bonchev–Trinajstić information content (AvgIpc) is 2.80. The van der Waals surface area contributed by atoms with Crippen molar-refractivity contribution in [2.45, 2.75) is 46.1 Å². The lowest BCUT2D eigenvalue weighted by atomic mass is 9.83. The van der Waals surface area contributed by atoms with Crippen molar-refractivity contribution in [3.05, 3.63) is 59.9 Å². The Hall–Kier alpha value is -2.66. The van der Waals surface area contributed by atoms with E-state index in [4.69, 9.17) is 0 Å². The van der Waals surface area contributed by atoms with Crippen LogP contribution in [0.5, 0.6) is 0 Å². The molecule has 0 radical (unpaired) electrons. The van der Waals surface area contributed by atoms with E-state index in [0.717, 1.165) is 40.9 Å². The number of hydrogen-bond acceptors (Lipinski definition) is 5. The van der Waals surface area contributed by atoms with Gasteiger partial charge < -0.3 is 15.1 Å². The summed E-state index contributed by atoms with van der Waals surface area (Å²) in [5.74, 6) is 3.65. The molecule has 0 unspecified atom stereocenters. The minimum atomic E-state index is 0.812. The molecule has 0 aliphatic heterocycles. The molecule has 0 saturated heterocycles. The molecule has 0 spiro atoms. The SMILES string of the molecule is CC1CCC(CNCc2ccc(N(C)C)cc2)CC1.Cc1nc(N(C)C)c2ccccc2n1. The summed E-state index contributed by atoms with van der Waals surface area (Å²) in [6.07, 6.45) is 5.66. The quantitative estimate of drug-likeness (QED) is 0.527. The van der Waals surface area contributed by atoms with Gasteiger partial charge in [0.1, 0.15) is 11.6 Å². The van der Waals surface area contributed by atoms with Gasteiger partial charge >= 0.3 is 0 Å². The number of anilines is 2. The van der Waals surface area contributed by atoms with E-state index >= 15 is 0 Å². The standard InChI is InChI=1S/C17H28N2.C11H13N3/c1-14-4-6-15(7-5-14)12-18-13-16-8-10-17(11-9-16)19(2)3;1-8-12-10-7-5-4-6-9(10)11(13-8)14(2)3/h8-11,14-15,18H,4-7,12-13H2,1-3H3;4-7H,1-3H3. The van der Waals surface area contributed by atoms with E-state index in [1.807, 2.05) is 50.2 Å². The predicted molar refractivity (Wildman–Crippen MR) is 142 cm³/mol. The molecule has 1 fully saturated rings. The molecule has 1 saturated carbocycles. The smallest absolute Gasteiger partial charge is 0.139 e. The minimum absolute atomic E-state index is 0.812. The zero-order valence-electron chi connectivity index (χ0n) is 21.3. The van der Waals surface area contributed by atoms with Gasteiger partial charge in [0.25, 0.3) is 0 Å². The Labute approximate surface area is 200 Å². The van der Waals surface area contributed by atoms with Gasteiger partial charge in [0.15, 0.2) is 0 Å². The lowest BCUT2D eigenvalue weighted by Gasteiger charge is -2.26. The maximum Gasteiger partial charge on any atom is 0.139 e. The van der Waals surface area contributed by atoms with Gasteiger partial charge in [-0.2, -0.15) is 0 Å². The van der Waals surface area contributed by atoms with Crippen LogP contribution < -0.4 is 15.1 Å². The van der Waals surface area contributed by atoms with E-state index in [-0.39, 0.29) is 0 Å². The molecule has 0 amide bonds. The van der Waals surface area contributed by atoms with Gasteiger partial charge in [-0.05, 0) is 68.0 Å². The highest BCUT2D eigenvalue weighted by Gasteiger charge is 2.17. The zero-order valence-corrected chi connectivity index (χ0v) is 21.3. The van der Waals surface area contributed by atoms with Crippen molar-refractivity contribution in [2.75, 3.05) is 44.5 Å². The number of nitrogens with zero attached hydrogens (tertiary/aromatic N) is 4. The Bertz CT molecular complexity index is 989. The number of rotatable bonds is 6. The van der Waals surface area contributed by atoms with Crippen LogP contribution in [0.25, 0.3) is 10.9 Å². The van der Waals surface area contributed by atoms with Gasteiger partial charge in [-0.25, -0.2) is 9.97 Å². The Kier molecular flexibility index (Phi) is 9.07. The molecule has 178 valence electrons. The number of benzene rings is 2. The summed E-state index contributed by atoms with van der Waals surface area (Å²) < 4.78 is 0. The Balaban J connectivity index is 0.000000194. The highest BCUT2D eigenvalue weighted by molar-refractivity contribution is 5.89. The van der Waals surface area contributed by atoms with Crippen LogP contribution in [-0.2, 0) is 6.54 Å². The van der Waals surface area contributed by atoms with Gasteiger partial charge in [-0.15, -0.1) is 0 Å². The number of nitrogens with one attached hydrogen (secondary N) is 1. The third kappa shape index (κ3) is 7.43. The second-order valence-electron chi connectivity index (χ2n) is 9.82. The third-order valence-corrected chi connectivity index (χ3v) is 6.47. The van der Waals surface area contributed by atoms with Crippen LogP contribution in [0.15, 0.2) is 48.5 Å². The number of aryl methyl sites for hydroxylation is 1. The van der Waals surface area contributed by atoms with Crippen molar-refractivity contribution in [2.24, 2.45) is 11.8 Å². The molecule has 2 aromatic carbocycles. The van der Waals surface area contributed by atoms with Crippen molar-refractivity contribution in [1.82, 2.24) is 15.3 Å². The molecule has 5 heteroatoms. The number of hydrogen-bond donors (Lipinski definition) is 1. The summed E-state index contributed by atoms with van der Waals surface area (Å²) in [5.41, 5.74) is 3.66. The predicted octanol–water partition coefficient (Wildman–Crippen LogP) is 5.67. The average molecular weight is 448 g/mol. The van der Waals surface area contributed by atoms with Crippen LogP contribution in [0.2, 0.25) is 0 Å². The molecule has 1 aromatic heterocycles. The van der Waals surface area contributed by atoms with Crippen LogP contribution in [0.3, 0.4) is 0 Å². The molecule has 1 N–H and O–H groups in total. The maximum absolute atomic E-state index is 4.42. The molecular weight excluding hydrogens is 406 g/mol. The first-order chi connectivity index (χ1) is 15.8. The van der Waals surface area contributed by atoms with Crippen LogP contribution >= 0.6 is 0 Å². The third-order valence-electron chi connectivity index (χ3n) is 6.47. The highest BCUT2D eigenvalue weighted by Crippen LogP contribution is 2.27. The molecule has 0 bridgehead atoms. The summed E-state index contributed by atoms with van der Waals surface area (Å²) in [4.78, 5) is 12.9. The van der Waals surface area contributed by atoms with Crippen molar-refractivity contribution in [1.29, 1.82) is 0 Å². The first kappa shape index (κ1) is 25.0. The van der Waals surface area contributed by atoms with Gasteiger partial charge in [0.2, 0.25) is 0 Å². The van der Waals surface area contributed by atoms with Crippen LogP contribution in [0.1, 0.15) is 44.0 Å². The van der Waals surface area contributed by atoms with Crippen molar-refractivity contribution >= 4 is 22.4 Å². The second-order valence-corrected chi connectivity index (χ2v) is 9.82. The van der Waals surface area contributed by atoms with E-state index in [1.165, 1.54) is 43.5 Å². The molecular formula is C28H41N5. The molecule has 5 nitrogen and oxygen atoms in total. The molecule has 4 rings (SSSR count). The van der Waals surface area contributed by atoms with Crippen molar-refractivity contribution < 1.29 is 0 Å². The Morgan fingerprint density at radius 3 is 2.15 bits per heavy atom. The first-order valence-electron chi connectivity index (χ1n) is 12.2. The monoisotopic (exact) mass is 447 g/mol. The fourth-order valence-corrected chi connectivity index (χ4v) is 4.38. The lowest BCUT2D eigenvalue weighted by molar-refractivity contribution is 0.281. The number of aromatic nitrogens is 2. The van der Waals surface area contributed by atoms with E-state index in [1.54, 1.807) is 0 Å². The summed E-state index contributed by atoms with van der Waals surface area (Å²) in [5, 5.41) is 4.72. The zero-order chi connectivity index (χ0) is 23.8.